The first kappa shape index (κ1) is 14.3. The molecule has 0 spiro atoms. The third kappa shape index (κ3) is 4.80. The summed E-state index contributed by atoms with van der Waals surface area (Å²) >= 11 is 5.94. The summed E-state index contributed by atoms with van der Waals surface area (Å²) in [4.78, 5) is 11.7. The lowest BCUT2D eigenvalue weighted by Gasteiger charge is -2.23. The van der Waals surface area contributed by atoms with Gasteiger partial charge in [-0.05, 0) is 12.1 Å². The minimum atomic E-state index is -0.225. The van der Waals surface area contributed by atoms with Crippen LogP contribution in [0.1, 0.15) is 0 Å². The molecule has 1 aliphatic heterocycles. The zero-order valence-corrected chi connectivity index (χ0v) is 11.3. The highest BCUT2D eigenvalue weighted by molar-refractivity contribution is 6.33. The van der Waals surface area contributed by atoms with E-state index in [1.54, 1.807) is 12.1 Å². The number of carbonyl (C=O) groups excluding carboxylic acids is 1. The van der Waals surface area contributed by atoms with Gasteiger partial charge in [0, 0.05) is 13.1 Å². The van der Waals surface area contributed by atoms with Crippen LogP contribution in [0.4, 0.5) is 5.69 Å². The standard InChI is InChI=1S/C13H17ClN2O3/c14-11-3-1-2-4-12(11)16-13(17)9-18-8-10-7-15-5-6-19-10/h1-4,10,15H,5-9H2,(H,16,17). The third-order valence-electron chi connectivity index (χ3n) is 2.69. The number of halogens is 1. The molecule has 0 bridgehead atoms. The van der Waals surface area contributed by atoms with Crippen LogP contribution < -0.4 is 10.6 Å². The van der Waals surface area contributed by atoms with Crippen molar-refractivity contribution in [3.63, 3.8) is 0 Å². The molecule has 6 heteroatoms. The average molecular weight is 285 g/mol. The summed E-state index contributed by atoms with van der Waals surface area (Å²) in [5.74, 6) is -0.225. The zero-order chi connectivity index (χ0) is 13.5. The molecule has 1 aromatic carbocycles. The summed E-state index contributed by atoms with van der Waals surface area (Å²) in [5, 5.41) is 6.40. The topological polar surface area (TPSA) is 59.6 Å². The van der Waals surface area contributed by atoms with Gasteiger partial charge in [-0.25, -0.2) is 0 Å². The Labute approximate surface area is 117 Å². The highest BCUT2D eigenvalue weighted by atomic mass is 35.5. The summed E-state index contributed by atoms with van der Waals surface area (Å²) in [6, 6.07) is 7.08. The van der Waals surface area contributed by atoms with Gasteiger partial charge in [-0.2, -0.15) is 0 Å². The molecule has 1 aromatic rings. The summed E-state index contributed by atoms with van der Waals surface area (Å²) in [6.07, 6.45) is 0.0156. The van der Waals surface area contributed by atoms with Crippen molar-refractivity contribution in [2.24, 2.45) is 0 Å². The van der Waals surface area contributed by atoms with E-state index in [2.05, 4.69) is 10.6 Å². The molecule has 5 nitrogen and oxygen atoms in total. The van der Waals surface area contributed by atoms with Crippen molar-refractivity contribution in [2.45, 2.75) is 6.10 Å². The first-order chi connectivity index (χ1) is 9.25. The third-order valence-corrected chi connectivity index (χ3v) is 3.02. The van der Waals surface area contributed by atoms with Gasteiger partial charge in [-0.3, -0.25) is 4.79 Å². The molecule has 1 unspecified atom stereocenters. The van der Waals surface area contributed by atoms with Crippen LogP contribution in [0.5, 0.6) is 0 Å². The Morgan fingerprint density at radius 1 is 1.53 bits per heavy atom. The van der Waals surface area contributed by atoms with E-state index in [0.29, 0.717) is 23.9 Å². The molecule has 19 heavy (non-hydrogen) atoms. The van der Waals surface area contributed by atoms with Gasteiger partial charge < -0.3 is 20.1 Å². The number of hydrogen-bond donors (Lipinski definition) is 2. The predicted molar refractivity (Wildman–Crippen MR) is 73.5 cm³/mol. The largest absolute Gasteiger partial charge is 0.373 e. The van der Waals surface area contributed by atoms with Gasteiger partial charge in [0.2, 0.25) is 5.91 Å². The highest BCUT2D eigenvalue weighted by Gasteiger charge is 2.14. The molecule has 0 radical (unpaired) electrons. The summed E-state index contributed by atoms with van der Waals surface area (Å²) < 4.78 is 10.8. The molecule has 1 fully saturated rings. The van der Waals surface area contributed by atoms with Crippen molar-refractivity contribution in [3.05, 3.63) is 29.3 Å². The fourth-order valence-corrected chi connectivity index (χ4v) is 1.94. The van der Waals surface area contributed by atoms with Crippen molar-refractivity contribution in [2.75, 3.05) is 38.2 Å². The summed E-state index contributed by atoms with van der Waals surface area (Å²) in [5.41, 5.74) is 0.591. The van der Waals surface area contributed by atoms with E-state index in [4.69, 9.17) is 21.1 Å². The molecular formula is C13H17ClN2O3. The van der Waals surface area contributed by atoms with Gasteiger partial charge >= 0.3 is 0 Å². The second-order valence-electron chi connectivity index (χ2n) is 4.24. The Kier molecular flexibility index (Phi) is 5.60. The van der Waals surface area contributed by atoms with Crippen LogP contribution in [0.3, 0.4) is 0 Å². The minimum Gasteiger partial charge on any atom is -0.373 e. The maximum Gasteiger partial charge on any atom is 0.250 e. The molecule has 1 atom stereocenters. The summed E-state index contributed by atoms with van der Waals surface area (Å²) in [6.45, 7) is 2.70. The Morgan fingerprint density at radius 3 is 3.11 bits per heavy atom. The van der Waals surface area contributed by atoms with Crippen molar-refractivity contribution in [3.8, 4) is 0 Å². The quantitative estimate of drug-likeness (QED) is 0.855. The number of hydrogen-bond acceptors (Lipinski definition) is 4. The van der Waals surface area contributed by atoms with Crippen molar-refractivity contribution >= 4 is 23.2 Å². The van der Waals surface area contributed by atoms with Gasteiger partial charge in [0.05, 0.1) is 30.0 Å². The fraction of sp³-hybridized carbons (Fsp3) is 0.462. The lowest BCUT2D eigenvalue weighted by Crippen LogP contribution is -2.41. The van der Waals surface area contributed by atoms with Gasteiger partial charge in [0.1, 0.15) is 6.61 Å². The van der Waals surface area contributed by atoms with Crippen molar-refractivity contribution in [1.82, 2.24) is 5.32 Å². The van der Waals surface area contributed by atoms with E-state index in [0.717, 1.165) is 13.1 Å². The van der Waals surface area contributed by atoms with Crippen LogP contribution in [0.15, 0.2) is 24.3 Å². The highest BCUT2D eigenvalue weighted by Crippen LogP contribution is 2.20. The van der Waals surface area contributed by atoms with Gasteiger partial charge in [-0.15, -0.1) is 0 Å². The SMILES string of the molecule is O=C(COCC1CNCCO1)Nc1ccccc1Cl. The van der Waals surface area contributed by atoms with E-state index in [9.17, 15) is 4.79 Å². The monoisotopic (exact) mass is 284 g/mol. The zero-order valence-electron chi connectivity index (χ0n) is 10.5. The van der Waals surface area contributed by atoms with Crippen LogP contribution in [0, 0.1) is 0 Å². The molecule has 1 amide bonds. The van der Waals surface area contributed by atoms with E-state index >= 15 is 0 Å². The number of morpholine rings is 1. The molecule has 0 aromatic heterocycles. The first-order valence-corrected chi connectivity index (χ1v) is 6.58. The lowest BCUT2D eigenvalue weighted by molar-refractivity contribution is -0.122. The molecule has 2 N–H and O–H groups in total. The normalized spacial score (nSPS) is 19.1. The molecule has 0 aliphatic carbocycles. The maximum absolute atomic E-state index is 11.7. The Bertz CT molecular complexity index is 422. The van der Waals surface area contributed by atoms with Crippen LogP contribution in [0.25, 0.3) is 0 Å². The van der Waals surface area contributed by atoms with Crippen LogP contribution in [0.2, 0.25) is 5.02 Å². The second-order valence-corrected chi connectivity index (χ2v) is 4.65. The number of anilines is 1. The van der Waals surface area contributed by atoms with Crippen LogP contribution in [-0.2, 0) is 14.3 Å². The van der Waals surface area contributed by atoms with Gasteiger partial charge in [-0.1, -0.05) is 23.7 Å². The Morgan fingerprint density at radius 2 is 2.37 bits per heavy atom. The van der Waals surface area contributed by atoms with Gasteiger partial charge in [0.25, 0.3) is 0 Å². The number of para-hydroxylation sites is 1. The number of nitrogens with one attached hydrogen (secondary N) is 2. The number of rotatable bonds is 5. The molecule has 0 saturated carbocycles. The second kappa shape index (κ2) is 7.45. The van der Waals surface area contributed by atoms with E-state index in [-0.39, 0.29) is 18.6 Å². The van der Waals surface area contributed by atoms with Crippen molar-refractivity contribution < 1.29 is 14.3 Å². The summed E-state index contributed by atoms with van der Waals surface area (Å²) in [7, 11) is 0. The minimum absolute atomic E-state index is 0.00885. The molecular weight excluding hydrogens is 268 g/mol. The predicted octanol–water partition coefficient (Wildman–Crippen LogP) is 1.28. The molecule has 1 saturated heterocycles. The Balaban J connectivity index is 1.68. The number of ether oxygens (including phenoxy) is 2. The van der Waals surface area contributed by atoms with Crippen molar-refractivity contribution in [1.29, 1.82) is 0 Å². The van der Waals surface area contributed by atoms with Gasteiger partial charge in [0.15, 0.2) is 0 Å². The first-order valence-electron chi connectivity index (χ1n) is 6.20. The Hall–Kier alpha value is -1.14. The number of carbonyl (C=O) groups is 1. The molecule has 1 heterocycles. The molecule has 104 valence electrons. The maximum atomic E-state index is 11.7. The number of benzene rings is 1. The van der Waals surface area contributed by atoms with Crippen LogP contribution >= 0.6 is 11.6 Å². The smallest absolute Gasteiger partial charge is 0.250 e. The fourth-order valence-electron chi connectivity index (χ4n) is 1.76. The van der Waals surface area contributed by atoms with E-state index in [1.807, 2.05) is 12.1 Å². The van der Waals surface area contributed by atoms with E-state index in [1.165, 1.54) is 0 Å². The average Bonchev–Trinajstić information content (AvgIpc) is 2.43. The lowest BCUT2D eigenvalue weighted by atomic mass is 10.3. The molecule has 1 aliphatic rings. The van der Waals surface area contributed by atoms with E-state index < -0.39 is 0 Å². The van der Waals surface area contributed by atoms with Crippen LogP contribution in [-0.4, -0.2) is 44.9 Å². The molecule has 2 rings (SSSR count). The number of amides is 1.